The van der Waals surface area contributed by atoms with Gasteiger partial charge < -0.3 is 5.32 Å². The molecule has 2 aromatic carbocycles. The maximum absolute atomic E-state index is 12.0. The molecule has 3 N–H and O–H groups in total. The molecule has 0 spiro atoms. The second-order valence-corrected chi connectivity index (χ2v) is 6.96. The Kier molecular flexibility index (Phi) is 5.12. The number of rotatable bonds is 4. The highest BCUT2D eigenvalue weighted by atomic mass is 32.2. The van der Waals surface area contributed by atoms with Crippen molar-refractivity contribution in [3.63, 3.8) is 0 Å². The minimum atomic E-state index is -3.65. The van der Waals surface area contributed by atoms with Gasteiger partial charge in [0.15, 0.2) is 5.11 Å². The third-order valence-electron chi connectivity index (χ3n) is 2.83. The van der Waals surface area contributed by atoms with Crippen LogP contribution in [0.5, 0.6) is 0 Å². The highest BCUT2D eigenvalue weighted by molar-refractivity contribution is 7.89. The largest absolute Gasteiger partial charge is 0.332 e. The Bertz CT molecular complexity index is 754. The maximum Gasteiger partial charge on any atom is 0.257 e. The van der Waals surface area contributed by atoms with Crippen LogP contribution in [0.2, 0.25) is 0 Å². The number of sulfonamides is 1. The molecule has 2 rings (SSSR count). The number of hydrogen-bond donors (Lipinski definition) is 3. The monoisotopic (exact) mass is 335 g/mol. The number of thiocarbonyl (C=S) groups is 1. The minimum Gasteiger partial charge on any atom is -0.332 e. The fourth-order valence-electron chi connectivity index (χ4n) is 1.98. The molecule has 0 saturated carbocycles. The Labute approximate surface area is 135 Å². The van der Waals surface area contributed by atoms with Crippen molar-refractivity contribution in [2.24, 2.45) is 0 Å². The van der Waals surface area contributed by atoms with E-state index in [1.54, 1.807) is 18.2 Å². The molecule has 0 radical (unpaired) electrons. The van der Waals surface area contributed by atoms with Gasteiger partial charge in [-0.25, -0.2) is 8.42 Å². The van der Waals surface area contributed by atoms with Gasteiger partial charge in [0, 0.05) is 5.69 Å². The second kappa shape index (κ2) is 6.87. The summed E-state index contributed by atoms with van der Waals surface area (Å²) in [6.45, 7) is 3.96. The van der Waals surface area contributed by atoms with Crippen LogP contribution in [0.25, 0.3) is 0 Å². The van der Waals surface area contributed by atoms with Crippen LogP contribution in [0.15, 0.2) is 53.4 Å². The summed E-state index contributed by atoms with van der Waals surface area (Å²) in [5.74, 6) is 0. The van der Waals surface area contributed by atoms with Gasteiger partial charge in [0.2, 0.25) is 0 Å². The molecule has 0 aliphatic heterocycles. The third-order valence-corrected chi connectivity index (χ3v) is 4.30. The Hall–Kier alpha value is -1.96. The third kappa shape index (κ3) is 4.52. The predicted octanol–water partition coefficient (Wildman–Crippen LogP) is 2.48. The van der Waals surface area contributed by atoms with Crippen molar-refractivity contribution in [1.82, 2.24) is 10.3 Å². The lowest BCUT2D eigenvalue weighted by Crippen LogP contribution is -2.43. The Morgan fingerprint density at radius 1 is 1.00 bits per heavy atom. The molecule has 0 heterocycles. The summed E-state index contributed by atoms with van der Waals surface area (Å²) in [4.78, 5) is 2.41. The van der Waals surface area contributed by atoms with E-state index < -0.39 is 10.0 Å². The molecule has 0 unspecified atom stereocenters. The van der Waals surface area contributed by atoms with Crippen LogP contribution < -0.4 is 15.6 Å². The van der Waals surface area contributed by atoms with Crippen LogP contribution in [-0.2, 0) is 10.0 Å². The zero-order valence-electron chi connectivity index (χ0n) is 12.3. The molecular formula is C15H17N3O2S2. The predicted molar refractivity (Wildman–Crippen MR) is 92.0 cm³/mol. The number of hydrogen-bond acceptors (Lipinski definition) is 3. The summed E-state index contributed by atoms with van der Waals surface area (Å²) in [7, 11) is -3.65. The molecule has 2 aromatic rings. The summed E-state index contributed by atoms with van der Waals surface area (Å²) in [6.07, 6.45) is 0. The van der Waals surface area contributed by atoms with Crippen LogP contribution in [0.1, 0.15) is 11.1 Å². The SMILES string of the molecule is Cc1cc(C)cc(NC(=S)NNS(=O)(=O)c2ccccc2)c1. The Balaban J connectivity index is 1.98. The van der Waals surface area contributed by atoms with Gasteiger partial charge >= 0.3 is 0 Å². The van der Waals surface area contributed by atoms with E-state index in [1.165, 1.54) is 12.1 Å². The maximum atomic E-state index is 12.0. The molecule has 116 valence electrons. The van der Waals surface area contributed by atoms with Crippen LogP contribution in [0.3, 0.4) is 0 Å². The Morgan fingerprint density at radius 2 is 1.59 bits per heavy atom. The molecule has 0 bridgehead atoms. The topological polar surface area (TPSA) is 70.2 Å². The summed E-state index contributed by atoms with van der Waals surface area (Å²) < 4.78 is 24.1. The molecule has 0 aliphatic rings. The lowest BCUT2D eigenvalue weighted by atomic mass is 10.1. The number of anilines is 1. The zero-order valence-corrected chi connectivity index (χ0v) is 13.9. The Morgan fingerprint density at radius 3 is 2.18 bits per heavy atom. The standard InChI is InChI=1S/C15H17N3O2S2/c1-11-8-12(2)10-13(9-11)16-15(21)17-18-22(19,20)14-6-4-3-5-7-14/h3-10,18H,1-2H3,(H2,16,17,21). The first-order valence-corrected chi connectivity index (χ1v) is 8.48. The van der Waals surface area contributed by atoms with Crippen LogP contribution >= 0.6 is 12.2 Å². The zero-order chi connectivity index (χ0) is 16.2. The van der Waals surface area contributed by atoms with Crippen molar-refractivity contribution >= 4 is 33.0 Å². The second-order valence-electron chi connectivity index (χ2n) is 4.87. The molecule has 0 aromatic heterocycles. The van der Waals surface area contributed by atoms with E-state index >= 15 is 0 Å². The van der Waals surface area contributed by atoms with Gasteiger partial charge in [-0.2, -0.15) is 0 Å². The molecule has 0 aliphatic carbocycles. The first kappa shape index (κ1) is 16.4. The molecule has 22 heavy (non-hydrogen) atoms. The van der Waals surface area contributed by atoms with E-state index in [-0.39, 0.29) is 10.0 Å². The van der Waals surface area contributed by atoms with E-state index in [9.17, 15) is 8.42 Å². The molecule has 0 atom stereocenters. The molecular weight excluding hydrogens is 318 g/mol. The normalized spacial score (nSPS) is 11.0. The van der Waals surface area contributed by atoms with Crippen molar-refractivity contribution in [2.45, 2.75) is 18.7 Å². The number of nitrogens with one attached hydrogen (secondary N) is 3. The van der Waals surface area contributed by atoms with E-state index in [2.05, 4.69) is 15.6 Å². The van der Waals surface area contributed by atoms with E-state index in [1.807, 2.05) is 32.0 Å². The summed E-state index contributed by atoms with van der Waals surface area (Å²) >= 11 is 5.09. The molecule has 0 amide bonds. The fourth-order valence-corrected chi connectivity index (χ4v) is 3.08. The van der Waals surface area contributed by atoms with Gasteiger partial charge in [0.05, 0.1) is 4.90 Å². The van der Waals surface area contributed by atoms with Crippen molar-refractivity contribution in [3.05, 3.63) is 59.7 Å². The van der Waals surface area contributed by atoms with Crippen molar-refractivity contribution in [1.29, 1.82) is 0 Å². The van der Waals surface area contributed by atoms with Gasteiger partial charge in [-0.15, -0.1) is 4.83 Å². The first-order chi connectivity index (χ1) is 10.4. The summed E-state index contributed by atoms with van der Waals surface area (Å²) in [6, 6.07) is 14.0. The molecule has 7 heteroatoms. The van der Waals surface area contributed by atoms with Crippen molar-refractivity contribution < 1.29 is 8.42 Å². The van der Waals surface area contributed by atoms with Crippen LogP contribution in [-0.4, -0.2) is 13.5 Å². The van der Waals surface area contributed by atoms with E-state index in [0.29, 0.717) is 0 Å². The molecule has 5 nitrogen and oxygen atoms in total. The first-order valence-electron chi connectivity index (χ1n) is 6.59. The quantitative estimate of drug-likeness (QED) is 0.591. The van der Waals surface area contributed by atoms with Crippen LogP contribution in [0.4, 0.5) is 5.69 Å². The summed E-state index contributed by atoms with van der Waals surface area (Å²) in [5, 5.41) is 3.11. The van der Waals surface area contributed by atoms with Gasteiger partial charge in [-0.05, 0) is 61.5 Å². The number of aryl methyl sites for hydroxylation is 2. The summed E-state index contributed by atoms with van der Waals surface area (Å²) in [5.41, 5.74) is 5.48. The van der Waals surface area contributed by atoms with Gasteiger partial charge in [0.1, 0.15) is 0 Å². The molecule has 0 fully saturated rings. The lowest BCUT2D eigenvalue weighted by Gasteiger charge is -2.13. The van der Waals surface area contributed by atoms with Gasteiger partial charge in [0.25, 0.3) is 10.0 Å². The smallest absolute Gasteiger partial charge is 0.257 e. The average molecular weight is 335 g/mol. The molecule has 0 saturated heterocycles. The van der Waals surface area contributed by atoms with E-state index in [0.717, 1.165) is 16.8 Å². The number of benzene rings is 2. The average Bonchev–Trinajstić information content (AvgIpc) is 2.45. The van der Waals surface area contributed by atoms with Gasteiger partial charge in [-0.1, -0.05) is 24.3 Å². The van der Waals surface area contributed by atoms with Crippen molar-refractivity contribution in [2.75, 3.05) is 5.32 Å². The highest BCUT2D eigenvalue weighted by Gasteiger charge is 2.13. The lowest BCUT2D eigenvalue weighted by molar-refractivity contribution is 0.578. The van der Waals surface area contributed by atoms with Crippen LogP contribution in [0, 0.1) is 13.8 Å². The van der Waals surface area contributed by atoms with Crippen molar-refractivity contribution in [3.8, 4) is 0 Å². The van der Waals surface area contributed by atoms with E-state index in [4.69, 9.17) is 12.2 Å². The minimum absolute atomic E-state index is 0.164. The highest BCUT2D eigenvalue weighted by Crippen LogP contribution is 2.13. The van der Waals surface area contributed by atoms with Gasteiger partial charge in [-0.3, -0.25) is 5.43 Å². The fraction of sp³-hybridized carbons (Fsp3) is 0.133. The number of hydrazine groups is 1.